The number of rotatable bonds is 11. The van der Waals surface area contributed by atoms with Crippen LogP contribution in [0.2, 0.25) is 0 Å². The fraction of sp³-hybridized carbons (Fsp3) is 0.643. The van der Waals surface area contributed by atoms with Gasteiger partial charge in [0.15, 0.2) is 0 Å². The van der Waals surface area contributed by atoms with E-state index >= 15 is 0 Å². The van der Waals surface area contributed by atoms with E-state index in [2.05, 4.69) is 21.6 Å². The zero-order valence-electron chi connectivity index (χ0n) is 20.9. The van der Waals surface area contributed by atoms with Crippen molar-refractivity contribution in [2.75, 3.05) is 32.5 Å². The van der Waals surface area contributed by atoms with Gasteiger partial charge in [-0.1, -0.05) is 19.3 Å². The first-order chi connectivity index (χ1) is 17.0. The Morgan fingerprint density at radius 1 is 1.23 bits per heavy atom. The van der Waals surface area contributed by atoms with Gasteiger partial charge in [-0.25, -0.2) is 4.39 Å². The maximum Gasteiger partial charge on any atom is 0.303 e. The van der Waals surface area contributed by atoms with Gasteiger partial charge in [0.1, 0.15) is 11.6 Å². The highest BCUT2D eigenvalue weighted by atomic mass is 32.2. The van der Waals surface area contributed by atoms with Crippen LogP contribution in [0.3, 0.4) is 0 Å². The van der Waals surface area contributed by atoms with E-state index in [1.165, 1.54) is 38.3 Å². The van der Waals surface area contributed by atoms with Gasteiger partial charge in [0.05, 0.1) is 18.8 Å². The number of fused-ring (bicyclic) bond motifs is 1. The summed E-state index contributed by atoms with van der Waals surface area (Å²) in [4.78, 5) is 18.3. The normalized spacial score (nSPS) is 21.9. The molecule has 1 aromatic heterocycles. The highest BCUT2D eigenvalue weighted by Crippen LogP contribution is 2.33. The maximum atomic E-state index is 14.7. The molecule has 1 saturated carbocycles. The van der Waals surface area contributed by atoms with Gasteiger partial charge in [0.2, 0.25) is 0 Å². The number of ether oxygens (including phenoxy) is 1. The van der Waals surface area contributed by atoms with Crippen molar-refractivity contribution in [2.24, 2.45) is 11.8 Å². The molecule has 35 heavy (non-hydrogen) atoms. The lowest BCUT2D eigenvalue weighted by molar-refractivity contribution is -0.139. The summed E-state index contributed by atoms with van der Waals surface area (Å²) in [5.41, 5.74) is 1.45. The standard InChI is InChI=1S/C28H39FN2O3S/c1-34-22-10-11-27-25(17-22)24(26(29)18-30-27)9-5-6-20-12-13-31(19-21(20)16-28(32)33)14-15-35-23-7-3-2-4-8-23/h10-11,17-18,20-21,23H,2-9,12-16,19H2,1H3,(H,32,33). The lowest BCUT2D eigenvalue weighted by atomic mass is 9.80. The number of hydrogen-bond donors (Lipinski definition) is 1. The summed E-state index contributed by atoms with van der Waals surface area (Å²) in [5, 5.41) is 11.2. The van der Waals surface area contributed by atoms with Gasteiger partial charge in [-0.3, -0.25) is 9.78 Å². The van der Waals surface area contributed by atoms with Gasteiger partial charge in [-0.15, -0.1) is 0 Å². The molecule has 1 aliphatic carbocycles. The number of nitrogens with zero attached hydrogens (tertiary/aromatic N) is 2. The van der Waals surface area contributed by atoms with Gasteiger partial charge in [0.25, 0.3) is 0 Å². The van der Waals surface area contributed by atoms with Crippen LogP contribution in [-0.4, -0.2) is 58.7 Å². The van der Waals surface area contributed by atoms with Crippen LogP contribution in [0.4, 0.5) is 4.39 Å². The number of thioether (sulfide) groups is 1. The molecule has 0 radical (unpaired) electrons. The minimum absolute atomic E-state index is 0.167. The number of piperidine rings is 1. The molecule has 5 nitrogen and oxygen atoms in total. The molecule has 192 valence electrons. The smallest absolute Gasteiger partial charge is 0.303 e. The average molecular weight is 503 g/mol. The first-order valence-corrected chi connectivity index (χ1v) is 14.2. The number of aryl methyl sites for hydroxylation is 1. The number of aliphatic carboxylic acids is 1. The molecule has 2 unspecified atom stereocenters. The van der Waals surface area contributed by atoms with Crippen molar-refractivity contribution >= 4 is 28.6 Å². The molecular formula is C28H39FN2O3S. The number of carboxylic acid groups (broad SMARTS) is 1. The highest BCUT2D eigenvalue weighted by molar-refractivity contribution is 7.99. The number of halogens is 1. The van der Waals surface area contributed by atoms with Gasteiger partial charge in [-0.05, 0) is 80.7 Å². The molecule has 0 bridgehead atoms. The fourth-order valence-corrected chi connectivity index (χ4v) is 7.26. The second-order valence-electron chi connectivity index (χ2n) is 10.2. The van der Waals surface area contributed by atoms with E-state index in [1.807, 2.05) is 18.2 Å². The minimum Gasteiger partial charge on any atom is -0.497 e. The van der Waals surface area contributed by atoms with Crippen LogP contribution < -0.4 is 4.74 Å². The van der Waals surface area contributed by atoms with Crippen LogP contribution in [-0.2, 0) is 11.2 Å². The largest absolute Gasteiger partial charge is 0.497 e. The summed E-state index contributed by atoms with van der Waals surface area (Å²) in [7, 11) is 1.61. The SMILES string of the molecule is COc1ccc2ncc(F)c(CCCC3CCN(CCSC4CCCCC4)CC3CC(=O)O)c2c1. The van der Waals surface area contributed by atoms with Gasteiger partial charge in [0, 0.05) is 35.9 Å². The molecule has 4 rings (SSSR count). The molecule has 1 aromatic carbocycles. The Bertz CT molecular complexity index is 982. The van der Waals surface area contributed by atoms with Gasteiger partial charge in [-0.2, -0.15) is 11.8 Å². The van der Waals surface area contributed by atoms with E-state index in [1.54, 1.807) is 7.11 Å². The Hall–Kier alpha value is -1.86. The Kier molecular flexibility index (Phi) is 9.67. The number of carboxylic acids is 1. The number of hydrogen-bond acceptors (Lipinski definition) is 5. The molecule has 0 amide bonds. The second-order valence-corrected chi connectivity index (χ2v) is 11.6. The van der Waals surface area contributed by atoms with E-state index in [-0.39, 0.29) is 18.2 Å². The third-order valence-electron chi connectivity index (χ3n) is 7.86. The van der Waals surface area contributed by atoms with Crippen molar-refractivity contribution in [3.8, 4) is 5.75 Å². The van der Waals surface area contributed by atoms with Crippen LogP contribution in [0, 0.1) is 17.7 Å². The summed E-state index contributed by atoms with van der Waals surface area (Å²) < 4.78 is 20.0. The maximum absolute atomic E-state index is 14.7. The van der Waals surface area contributed by atoms with Crippen LogP contribution in [0.25, 0.3) is 10.9 Å². The number of methoxy groups -OCH3 is 1. The number of pyridine rings is 1. The van der Waals surface area contributed by atoms with Crippen molar-refractivity contribution in [3.63, 3.8) is 0 Å². The van der Waals surface area contributed by atoms with E-state index in [9.17, 15) is 14.3 Å². The van der Waals surface area contributed by atoms with Crippen molar-refractivity contribution in [1.29, 1.82) is 0 Å². The Morgan fingerprint density at radius 3 is 2.83 bits per heavy atom. The fourth-order valence-electron chi connectivity index (χ4n) is 5.90. The minimum atomic E-state index is -0.711. The Balaban J connectivity index is 1.31. The Labute approximate surface area is 212 Å². The zero-order valence-corrected chi connectivity index (χ0v) is 21.7. The molecule has 2 aromatic rings. The predicted molar refractivity (Wildman–Crippen MR) is 141 cm³/mol. The molecular weight excluding hydrogens is 463 g/mol. The van der Waals surface area contributed by atoms with Crippen molar-refractivity contribution in [3.05, 3.63) is 35.8 Å². The molecule has 2 aliphatic rings. The lowest BCUT2D eigenvalue weighted by Crippen LogP contribution is -2.42. The summed E-state index contributed by atoms with van der Waals surface area (Å²) >= 11 is 2.12. The monoisotopic (exact) mass is 502 g/mol. The molecule has 7 heteroatoms. The van der Waals surface area contributed by atoms with Gasteiger partial charge >= 0.3 is 5.97 Å². The topological polar surface area (TPSA) is 62.7 Å². The van der Waals surface area contributed by atoms with Crippen LogP contribution in [0.15, 0.2) is 24.4 Å². The lowest BCUT2D eigenvalue weighted by Gasteiger charge is -2.38. The number of aromatic nitrogens is 1. The highest BCUT2D eigenvalue weighted by Gasteiger charge is 2.30. The predicted octanol–water partition coefficient (Wildman–Crippen LogP) is 6.18. The molecule has 1 aliphatic heterocycles. The number of carbonyl (C=O) groups is 1. The van der Waals surface area contributed by atoms with Gasteiger partial charge < -0.3 is 14.7 Å². The van der Waals surface area contributed by atoms with E-state index in [0.29, 0.717) is 23.7 Å². The zero-order chi connectivity index (χ0) is 24.6. The summed E-state index contributed by atoms with van der Waals surface area (Å²) in [6.45, 7) is 2.96. The van der Waals surface area contributed by atoms with E-state index < -0.39 is 5.97 Å². The third kappa shape index (κ3) is 7.32. The van der Waals surface area contributed by atoms with Crippen molar-refractivity contribution < 1.29 is 19.0 Å². The average Bonchev–Trinajstić information content (AvgIpc) is 2.86. The molecule has 2 heterocycles. The van der Waals surface area contributed by atoms with E-state index in [0.717, 1.165) is 60.8 Å². The molecule has 0 spiro atoms. The van der Waals surface area contributed by atoms with E-state index in [4.69, 9.17) is 4.74 Å². The quantitative estimate of drug-likeness (QED) is 0.396. The number of likely N-dealkylation sites (tertiary alicyclic amines) is 1. The summed E-state index contributed by atoms with van der Waals surface area (Å²) in [6, 6.07) is 5.56. The molecule has 2 atom stereocenters. The molecule has 2 fully saturated rings. The number of benzene rings is 1. The van der Waals surface area contributed by atoms with Crippen molar-refractivity contribution in [1.82, 2.24) is 9.88 Å². The third-order valence-corrected chi connectivity index (χ3v) is 9.22. The second kappa shape index (κ2) is 12.9. The molecule has 1 N–H and O–H groups in total. The van der Waals surface area contributed by atoms with Crippen LogP contribution >= 0.6 is 11.8 Å². The molecule has 1 saturated heterocycles. The van der Waals surface area contributed by atoms with Crippen LogP contribution in [0.5, 0.6) is 5.75 Å². The summed E-state index contributed by atoms with van der Waals surface area (Å²) in [6.07, 6.45) is 11.8. The summed E-state index contributed by atoms with van der Waals surface area (Å²) in [5.74, 6) is 1.39. The van der Waals surface area contributed by atoms with Crippen LogP contribution in [0.1, 0.15) is 63.4 Å². The Morgan fingerprint density at radius 2 is 2.06 bits per heavy atom. The first kappa shape index (κ1) is 26.2. The first-order valence-electron chi connectivity index (χ1n) is 13.2. The van der Waals surface area contributed by atoms with Crippen molar-refractivity contribution in [2.45, 2.75) is 69.5 Å².